The van der Waals surface area contributed by atoms with Gasteiger partial charge in [0.15, 0.2) is 0 Å². The van der Waals surface area contributed by atoms with Crippen molar-refractivity contribution in [2.75, 3.05) is 22.1 Å². The molecule has 1 atom stereocenters. The van der Waals surface area contributed by atoms with Crippen molar-refractivity contribution in [1.29, 1.82) is 0 Å². The molecule has 4 rings (SSSR count). The van der Waals surface area contributed by atoms with Gasteiger partial charge in [0, 0.05) is 30.0 Å². The highest BCUT2D eigenvalue weighted by atomic mass is 16.2. The van der Waals surface area contributed by atoms with Crippen molar-refractivity contribution in [3.05, 3.63) is 89.5 Å². The molecule has 3 aromatic rings. The van der Waals surface area contributed by atoms with E-state index in [4.69, 9.17) is 0 Å². The highest BCUT2D eigenvalue weighted by Gasteiger charge is 2.23. The van der Waals surface area contributed by atoms with Crippen LogP contribution in [0.4, 0.5) is 17.1 Å². The molecule has 2 N–H and O–H groups in total. The molecule has 2 amide bonds. The highest BCUT2D eigenvalue weighted by molar-refractivity contribution is 5.98. The van der Waals surface area contributed by atoms with Gasteiger partial charge in [-0.25, -0.2) is 0 Å². The number of nitrogens with one attached hydrogen (secondary N) is 2. The van der Waals surface area contributed by atoms with E-state index in [1.54, 1.807) is 0 Å². The van der Waals surface area contributed by atoms with Crippen LogP contribution >= 0.6 is 0 Å². The molecule has 0 aliphatic carbocycles. The summed E-state index contributed by atoms with van der Waals surface area (Å²) in [6.07, 6.45) is 1.50. The van der Waals surface area contributed by atoms with Gasteiger partial charge in [-0.1, -0.05) is 42.5 Å². The number of hydrogen-bond acceptors (Lipinski definition) is 3. The van der Waals surface area contributed by atoms with E-state index in [1.165, 1.54) is 0 Å². The quantitative estimate of drug-likeness (QED) is 0.582. The van der Waals surface area contributed by atoms with E-state index in [-0.39, 0.29) is 11.8 Å². The molecule has 3 aromatic carbocycles. The SMILES string of the molecule is Cc1ccc(C)c(NC(=O)[C@@H](Nc2ccc(N3CCCC3=O)cc2)c2ccccc2)c1. The van der Waals surface area contributed by atoms with Gasteiger partial charge < -0.3 is 15.5 Å². The van der Waals surface area contributed by atoms with Crippen molar-refractivity contribution in [1.82, 2.24) is 0 Å². The predicted octanol–water partition coefficient (Wildman–Crippen LogP) is 5.22. The highest BCUT2D eigenvalue weighted by Crippen LogP contribution is 2.27. The van der Waals surface area contributed by atoms with Gasteiger partial charge in [-0.05, 0) is 67.3 Å². The topological polar surface area (TPSA) is 61.4 Å². The third-order valence-electron chi connectivity index (χ3n) is 5.61. The average Bonchev–Trinajstić information content (AvgIpc) is 3.21. The largest absolute Gasteiger partial charge is 0.370 e. The Hall–Kier alpha value is -3.60. The van der Waals surface area contributed by atoms with Crippen LogP contribution in [0.25, 0.3) is 0 Å². The summed E-state index contributed by atoms with van der Waals surface area (Å²) in [6.45, 7) is 4.75. The van der Waals surface area contributed by atoms with Crippen LogP contribution in [0.15, 0.2) is 72.8 Å². The minimum atomic E-state index is -0.555. The van der Waals surface area contributed by atoms with Gasteiger partial charge in [0.05, 0.1) is 0 Å². The Morgan fingerprint density at radius 3 is 2.39 bits per heavy atom. The van der Waals surface area contributed by atoms with E-state index in [2.05, 4.69) is 10.6 Å². The Balaban J connectivity index is 1.56. The first-order valence-corrected chi connectivity index (χ1v) is 10.6. The number of anilines is 3. The monoisotopic (exact) mass is 413 g/mol. The van der Waals surface area contributed by atoms with Gasteiger partial charge in [0.2, 0.25) is 5.91 Å². The zero-order valence-electron chi connectivity index (χ0n) is 17.9. The van der Waals surface area contributed by atoms with Gasteiger partial charge in [0.1, 0.15) is 6.04 Å². The zero-order valence-corrected chi connectivity index (χ0v) is 17.9. The summed E-state index contributed by atoms with van der Waals surface area (Å²) >= 11 is 0. The van der Waals surface area contributed by atoms with Crippen LogP contribution < -0.4 is 15.5 Å². The number of amides is 2. The Kier molecular flexibility index (Phi) is 6.03. The summed E-state index contributed by atoms with van der Waals surface area (Å²) in [7, 11) is 0. The molecule has 5 nitrogen and oxygen atoms in total. The molecule has 5 heteroatoms. The van der Waals surface area contributed by atoms with E-state index >= 15 is 0 Å². The van der Waals surface area contributed by atoms with Crippen molar-refractivity contribution in [3.63, 3.8) is 0 Å². The Labute approximate surface area is 183 Å². The molecule has 0 bridgehead atoms. The fraction of sp³-hybridized carbons (Fsp3) is 0.231. The molecule has 1 aliphatic rings. The molecular formula is C26H27N3O2. The second-order valence-corrected chi connectivity index (χ2v) is 7.99. The first-order valence-electron chi connectivity index (χ1n) is 10.6. The predicted molar refractivity (Wildman–Crippen MR) is 125 cm³/mol. The number of carbonyl (C=O) groups excluding carboxylic acids is 2. The van der Waals surface area contributed by atoms with Crippen LogP contribution in [0.5, 0.6) is 0 Å². The van der Waals surface area contributed by atoms with Crippen molar-refractivity contribution >= 4 is 28.9 Å². The normalized spacial score (nSPS) is 14.4. The van der Waals surface area contributed by atoms with E-state index < -0.39 is 6.04 Å². The maximum atomic E-state index is 13.3. The van der Waals surface area contributed by atoms with Crippen molar-refractivity contribution in [2.24, 2.45) is 0 Å². The first kappa shape index (κ1) is 20.7. The summed E-state index contributed by atoms with van der Waals surface area (Å²) in [6, 6.07) is 22.8. The van der Waals surface area contributed by atoms with Gasteiger partial charge in [-0.15, -0.1) is 0 Å². The molecule has 158 valence electrons. The van der Waals surface area contributed by atoms with Crippen LogP contribution in [0.1, 0.15) is 35.6 Å². The number of carbonyl (C=O) groups is 2. The van der Waals surface area contributed by atoms with E-state index in [0.717, 1.165) is 46.7 Å². The first-order chi connectivity index (χ1) is 15.0. The Bertz CT molecular complexity index is 1080. The molecule has 0 aromatic heterocycles. The van der Waals surface area contributed by atoms with E-state index in [0.29, 0.717) is 6.42 Å². The van der Waals surface area contributed by atoms with Gasteiger partial charge in [0.25, 0.3) is 5.91 Å². The second kappa shape index (κ2) is 9.04. The lowest BCUT2D eigenvalue weighted by molar-refractivity contribution is -0.117. The molecule has 31 heavy (non-hydrogen) atoms. The Morgan fingerprint density at radius 2 is 1.71 bits per heavy atom. The van der Waals surface area contributed by atoms with Crippen molar-refractivity contribution < 1.29 is 9.59 Å². The van der Waals surface area contributed by atoms with Gasteiger partial charge in [-0.2, -0.15) is 0 Å². The van der Waals surface area contributed by atoms with Gasteiger partial charge in [-0.3, -0.25) is 9.59 Å². The lowest BCUT2D eigenvalue weighted by atomic mass is 10.0. The van der Waals surface area contributed by atoms with Crippen LogP contribution in [0.2, 0.25) is 0 Å². The van der Waals surface area contributed by atoms with Crippen molar-refractivity contribution in [2.45, 2.75) is 32.7 Å². The minimum absolute atomic E-state index is 0.126. The van der Waals surface area contributed by atoms with E-state index in [1.807, 2.05) is 91.5 Å². The molecule has 0 spiro atoms. The van der Waals surface area contributed by atoms with Crippen LogP contribution in [0.3, 0.4) is 0 Å². The summed E-state index contributed by atoms with van der Waals surface area (Å²) < 4.78 is 0. The smallest absolute Gasteiger partial charge is 0.251 e. The third kappa shape index (κ3) is 4.77. The molecule has 1 aliphatic heterocycles. The lowest BCUT2D eigenvalue weighted by Gasteiger charge is -2.22. The standard InChI is InChI=1S/C26H27N3O2/c1-18-10-11-19(2)23(17-18)28-26(31)25(20-7-4-3-5-8-20)27-21-12-14-22(15-13-21)29-16-6-9-24(29)30/h3-5,7-8,10-15,17,25,27H,6,9,16H2,1-2H3,(H,28,31)/t25-/m0/s1. The Morgan fingerprint density at radius 1 is 0.968 bits per heavy atom. The minimum Gasteiger partial charge on any atom is -0.370 e. The molecule has 0 radical (unpaired) electrons. The molecule has 1 heterocycles. The van der Waals surface area contributed by atoms with Crippen LogP contribution in [-0.2, 0) is 9.59 Å². The second-order valence-electron chi connectivity index (χ2n) is 7.99. The van der Waals surface area contributed by atoms with Crippen molar-refractivity contribution in [3.8, 4) is 0 Å². The van der Waals surface area contributed by atoms with Crippen LogP contribution in [-0.4, -0.2) is 18.4 Å². The number of nitrogens with zero attached hydrogens (tertiary/aromatic N) is 1. The molecule has 0 unspecified atom stereocenters. The van der Waals surface area contributed by atoms with E-state index in [9.17, 15) is 9.59 Å². The summed E-state index contributed by atoms with van der Waals surface area (Å²) in [5.74, 6) is 0.0365. The summed E-state index contributed by atoms with van der Waals surface area (Å²) in [5.41, 5.74) is 5.52. The number of aryl methyl sites for hydroxylation is 2. The summed E-state index contributed by atoms with van der Waals surface area (Å²) in [5, 5.41) is 6.44. The molecule has 1 fully saturated rings. The maximum Gasteiger partial charge on any atom is 0.251 e. The van der Waals surface area contributed by atoms with Gasteiger partial charge >= 0.3 is 0 Å². The molecule has 0 saturated carbocycles. The lowest BCUT2D eigenvalue weighted by Crippen LogP contribution is -2.27. The maximum absolute atomic E-state index is 13.3. The number of hydrogen-bond donors (Lipinski definition) is 2. The third-order valence-corrected chi connectivity index (χ3v) is 5.61. The molecule has 1 saturated heterocycles. The number of rotatable bonds is 6. The fourth-order valence-electron chi connectivity index (χ4n) is 3.85. The fourth-order valence-corrected chi connectivity index (χ4v) is 3.85. The number of benzene rings is 3. The average molecular weight is 414 g/mol. The molecular weight excluding hydrogens is 386 g/mol. The van der Waals surface area contributed by atoms with Crippen LogP contribution in [0, 0.1) is 13.8 Å². The zero-order chi connectivity index (χ0) is 21.8. The summed E-state index contributed by atoms with van der Waals surface area (Å²) in [4.78, 5) is 27.1.